The second kappa shape index (κ2) is 10.2. The number of piperidine rings is 1. The highest BCUT2D eigenvalue weighted by Gasteiger charge is 2.24. The fourth-order valence-corrected chi connectivity index (χ4v) is 3.38. The summed E-state index contributed by atoms with van der Waals surface area (Å²) >= 11 is 0. The van der Waals surface area contributed by atoms with Crippen LogP contribution in [0.15, 0.2) is 22.6 Å². The Balaban J connectivity index is 1.44. The van der Waals surface area contributed by atoms with Gasteiger partial charge in [0.05, 0.1) is 25.4 Å². The quantitative estimate of drug-likeness (QED) is 0.655. The summed E-state index contributed by atoms with van der Waals surface area (Å²) < 4.78 is 22.9. The van der Waals surface area contributed by atoms with Crippen LogP contribution in [0.2, 0.25) is 0 Å². The second-order valence-corrected chi connectivity index (χ2v) is 9.04. The first-order valence-electron chi connectivity index (χ1n) is 11.1. The van der Waals surface area contributed by atoms with Gasteiger partial charge in [0.2, 0.25) is 0 Å². The molecule has 1 aromatic carbocycles. The largest absolute Gasteiger partial charge is 0.494 e. The number of carbonyl (C=O) groups is 1. The number of nitrogens with zero attached hydrogens (tertiary/aromatic N) is 2. The van der Waals surface area contributed by atoms with Crippen molar-refractivity contribution in [3.8, 4) is 5.75 Å². The van der Waals surface area contributed by atoms with Crippen molar-refractivity contribution < 1.29 is 23.4 Å². The van der Waals surface area contributed by atoms with Crippen molar-refractivity contribution in [2.45, 2.75) is 71.6 Å². The number of oxazole rings is 1. The zero-order valence-electron chi connectivity index (χ0n) is 19.3. The summed E-state index contributed by atoms with van der Waals surface area (Å²) in [6, 6.07) is 6.27. The lowest BCUT2D eigenvalue weighted by molar-refractivity contribution is 0.0179. The van der Waals surface area contributed by atoms with Gasteiger partial charge < -0.3 is 28.8 Å². The molecule has 0 radical (unpaired) electrons. The fourth-order valence-electron chi connectivity index (χ4n) is 3.38. The van der Waals surface area contributed by atoms with Crippen molar-refractivity contribution in [3.63, 3.8) is 0 Å². The van der Waals surface area contributed by atoms with Crippen LogP contribution in [0.3, 0.4) is 0 Å². The number of hydrogen-bond acceptors (Lipinski definition) is 7. The van der Waals surface area contributed by atoms with Gasteiger partial charge >= 0.3 is 6.09 Å². The summed E-state index contributed by atoms with van der Waals surface area (Å²) in [6.07, 6.45) is 2.45. The molecule has 172 valence electrons. The van der Waals surface area contributed by atoms with E-state index in [-0.39, 0.29) is 12.1 Å². The van der Waals surface area contributed by atoms with Gasteiger partial charge in [-0.3, -0.25) is 0 Å². The average Bonchev–Trinajstić information content (AvgIpc) is 3.13. The molecule has 0 spiro atoms. The maximum absolute atomic E-state index is 11.8. The van der Waals surface area contributed by atoms with E-state index in [1.165, 1.54) is 0 Å². The maximum Gasteiger partial charge on any atom is 0.407 e. The number of carbonyl (C=O) groups excluding carboxylic acids is 1. The molecular weight excluding hydrogens is 398 g/mol. The van der Waals surface area contributed by atoms with Gasteiger partial charge in [-0.15, -0.1) is 0 Å². The van der Waals surface area contributed by atoms with Crippen LogP contribution in [-0.2, 0) is 9.47 Å². The van der Waals surface area contributed by atoms with Crippen molar-refractivity contribution >= 4 is 23.2 Å². The molecule has 1 amide bonds. The summed E-state index contributed by atoms with van der Waals surface area (Å²) in [4.78, 5) is 18.6. The summed E-state index contributed by atoms with van der Waals surface area (Å²) in [5.74, 6) is 0.815. The minimum Gasteiger partial charge on any atom is -0.494 e. The van der Waals surface area contributed by atoms with Crippen LogP contribution >= 0.6 is 0 Å². The third-order valence-electron chi connectivity index (χ3n) is 4.88. The number of ether oxygens (including phenoxy) is 3. The number of rotatable bonds is 8. The molecule has 2 heterocycles. The smallest absolute Gasteiger partial charge is 0.407 e. The van der Waals surface area contributed by atoms with Crippen LogP contribution in [0.25, 0.3) is 11.1 Å². The molecule has 0 unspecified atom stereocenters. The van der Waals surface area contributed by atoms with E-state index >= 15 is 0 Å². The molecule has 1 aliphatic rings. The predicted molar refractivity (Wildman–Crippen MR) is 120 cm³/mol. The SMILES string of the molecule is CCCOc1ccc2oc(N3CCC(OC[C@H](C)NC(=O)OC(C)(C)C)CC3)nc2c1. The third-order valence-corrected chi connectivity index (χ3v) is 4.88. The Hall–Kier alpha value is -2.48. The first-order chi connectivity index (χ1) is 14.7. The van der Waals surface area contributed by atoms with Gasteiger partial charge in [-0.05, 0) is 59.1 Å². The van der Waals surface area contributed by atoms with E-state index in [4.69, 9.17) is 18.6 Å². The van der Waals surface area contributed by atoms with Crippen molar-refractivity contribution in [2.75, 3.05) is 31.2 Å². The number of anilines is 1. The molecule has 1 N–H and O–H groups in total. The molecule has 0 bridgehead atoms. The zero-order chi connectivity index (χ0) is 22.4. The molecule has 8 heteroatoms. The van der Waals surface area contributed by atoms with Crippen LogP contribution in [0.1, 0.15) is 53.9 Å². The van der Waals surface area contributed by atoms with Crippen LogP contribution in [0, 0.1) is 0 Å². The van der Waals surface area contributed by atoms with Gasteiger partial charge in [-0.25, -0.2) is 4.79 Å². The van der Waals surface area contributed by atoms with Crippen LogP contribution in [0.5, 0.6) is 5.75 Å². The monoisotopic (exact) mass is 433 g/mol. The summed E-state index contributed by atoms with van der Waals surface area (Å²) in [5.41, 5.74) is 1.06. The highest BCUT2D eigenvalue weighted by molar-refractivity contribution is 5.76. The van der Waals surface area contributed by atoms with Gasteiger partial charge in [0.15, 0.2) is 5.58 Å². The first kappa shape index (κ1) is 23.2. The molecular formula is C23H35N3O5. The number of nitrogens with one attached hydrogen (secondary N) is 1. The van der Waals surface area contributed by atoms with Crippen molar-refractivity contribution in [1.82, 2.24) is 10.3 Å². The second-order valence-electron chi connectivity index (χ2n) is 9.04. The molecule has 8 nitrogen and oxygen atoms in total. The Morgan fingerprint density at radius 1 is 1.32 bits per heavy atom. The van der Waals surface area contributed by atoms with Crippen molar-refractivity contribution in [3.05, 3.63) is 18.2 Å². The van der Waals surface area contributed by atoms with E-state index in [0.29, 0.717) is 19.2 Å². The Kier molecular flexibility index (Phi) is 7.64. The number of amides is 1. The number of hydrogen-bond donors (Lipinski definition) is 1. The summed E-state index contributed by atoms with van der Waals surface area (Å²) in [6.45, 7) is 12.3. The van der Waals surface area contributed by atoms with Crippen LogP contribution in [0.4, 0.5) is 10.8 Å². The molecule has 1 fully saturated rings. The zero-order valence-corrected chi connectivity index (χ0v) is 19.3. The van der Waals surface area contributed by atoms with Gasteiger partial charge in [-0.2, -0.15) is 4.98 Å². The van der Waals surface area contributed by atoms with Crippen molar-refractivity contribution in [1.29, 1.82) is 0 Å². The minimum absolute atomic E-state index is 0.117. The van der Waals surface area contributed by atoms with E-state index in [1.807, 2.05) is 45.9 Å². The lowest BCUT2D eigenvalue weighted by atomic mass is 10.1. The third kappa shape index (κ3) is 7.02. The predicted octanol–water partition coefficient (Wildman–Crippen LogP) is 4.52. The molecule has 1 saturated heterocycles. The highest BCUT2D eigenvalue weighted by atomic mass is 16.6. The molecule has 0 aliphatic carbocycles. The number of fused-ring (bicyclic) bond motifs is 1. The lowest BCUT2D eigenvalue weighted by Crippen LogP contribution is -2.42. The van der Waals surface area contributed by atoms with Crippen LogP contribution in [-0.4, -0.2) is 55.1 Å². The van der Waals surface area contributed by atoms with Crippen LogP contribution < -0.4 is 15.0 Å². The average molecular weight is 434 g/mol. The van der Waals surface area contributed by atoms with E-state index in [1.54, 1.807) is 0 Å². The molecule has 2 aromatic rings. The van der Waals surface area contributed by atoms with E-state index in [0.717, 1.165) is 49.2 Å². The first-order valence-corrected chi connectivity index (χ1v) is 11.1. The number of alkyl carbamates (subject to hydrolysis) is 1. The van der Waals surface area contributed by atoms with Crippen molar-refractivity contribution in [2.24, 2.45) is 0 Å². The van der Waals surface area contributed by atoms with E-state index in [2.05, 4.69) is 22.1 Å². The Bertz CT molecular complexity index is 853. The number of benzene rings is 1. The van der Waals surface area contributed by atoms with E-state index in [9.17, 15) is 4.79 Å². The standard InChI is InChI=1S/C23H35N3O5/c1-6-13-28-18-7-8-20-19(14-18)25-21(30-20)26-11-9-17(10-12-26)29-15-16(2)24-22(27)31-23(3,4)5/h7-8,14,16-17H,6,9-13,15H2,1-5H3,(H,24,27)/t16-/m0/s1. The molecule has 31 heavy (non-hydrogen) atoms. The minimum atomic E-state index is -0.508. The molecule has 1 aliphatic heterocycles. The summed E-state index contributed by atoms with van der Waals surface area (Å²) in [7, 11) is 0. The fraction of sp³-hybridized carbons (Fsp3) is 0.652. The highest BCUT2D eigenvalue weighted by Crippen LogP contribution is 2.28. The Morgan fingerprint density at radius 3 is 2.74 bits per heavy atom. The summed E-state index contributed by atoms with van der Waals surface area (Å²) in [5, 5.41) is 2.81. The van der Waals surface area contributed by atoms with Gasteiger partial charge in [0.25, 0.3) is 6.01 Å². The molecule has 1 atom stereocenters. The Labute approximate surface area is 184 Å². The molecule has 3 rings (SSSR count). The van der Waals surface area contributed by atoms with Gasteiger partial charge in [0, 0.05) is 19.2 Å². The maximum atomic E-state index is 11.8. The Morgan fingerprint density at radius 2 is 2.06 bits per heavy atom. The number of aromatic nitrogens is 1. The van der Waals surface area contributed by atoms with E-state index < -0.39 is 11.7 Å². The topological polar surface area (TPSA) is 86.1 Å². The molecule has 0 saturated carbocycles. The van der Waals surface area contributed by atoms with Gasteiger partial charge in [0.1, 0.15) is 16.9 Å². The normalized spacial score (nSPS) is 16.4. The lowest BCUT2D eigenvalue weighted by Gasteiger charge is -2.31. The molecule has 1 aromatic heterocycles. The van der Waals surface area contributed by atoms with Gasteiger partial charge in [-0.1, -0.05) is 6.92 Å².